The summed E-state index contributed by atoms with van der Waals surface area (Å²) in [6, 6.07) is 9.10. The van der Waals surface area contributed by atoms with E-state index in [0.29, 0.717) is 31.6 Å². The summed E-state index contributed by atoms with van der Waals surface area (Å²) in [6.07, 6.45) is 1.29. The van der Waals surface area contributed by atoms with Crippen LogP contribution >= 0.6 is 0 Å². The van der Waals surface area contributed by atoms with E-state index in [2.05, 4.69) is 40.9 Å². The number of aromatic amines is 1. The normalized spacial score (nSPS) is 26.1. The lowest BCUT2D eigenvalue weighted by Crippen LogP contribution is -2.57. The fourth-order valence-electron chi connectivity index (χ4n) is 6.69. The van der Waals surface area contributed by atoms with Crippen LogP contribution in [0.1, 0.15) is 57.4 Å². The highest BCUT2D eigenvalue weighted by molar-refractivity contribution is 6.01. The molecular weight excluding hydrogens is 508 g/mol. The first-order chi connectivity index (χ1) is 19.0. The standard InChI is InChI=1S/C30H38N6O4/c1-16(2)11-23(35-27(38)22-13-17-7-5-6-8-21(17)34-22)29(40)36-15-20-24(30(20,3)4)25(36)28(39)33-19(14-31)12-18-9-10-32-26(18)37/h5-8,13,16,18-20,23-25,34H,9-12,15H2,1-4H3,(H,32,37)(H,33,39)(H,35,38)/t18-,19-,20-,23-,24-,25?/m0/s1. The van der Waals surface area contributed by atoms with E-state index >= 15 is 0 Å². The molecular formula is C30H38N6O4. The third-order valence-electron chi connectivity index (χ3n) is 9.00. The van der Waals surface area contributed by atoms with Crippen LogP contribution in [0.5, 0.6) is 0 Å². The van der Waals surface area contributed by atoms with Crippen molar-refractivity contribution in [1.29, 1.82) is 5.26 Å². The van der Waals surface area contributed by atoms with E-state index in [1.807, 2.05) is 38.1 Å². The second-order valence-corrected chi connectivity index (χ2v) is 12.5. The third-order valence-corrected chi connectivity index (χ3v) is 9.00. The maximum atomic E-state index is 14.0. The summed E-state index contributed by atoms with van der Waals surface area (Å²) in [7, 11) is 0. The molecule has 4 amide bonds. The zero-order chi connectivity index (χ0) is 28.8. The Kier molecular flexibility index (Phi) is 7.34. The number of piperidine rings is 1. The lowest BCUT2D eigenvalue weighted by molar-refractivity contribution is -0.142. The molecule has 1 aliphatic carbocycles. The molecule has 40 heavy (non-hydrogen) atoms. The van der Waals surface area contributed by atoms with Gasteiger partial charge < -0.3 is 25.8 Å². The molecule has 2 saturated heterocycles. The van der Waals surface area contributed by atoms with Crippen LogP contribution in [0.2, 0.25) is 0 Å². The van der Waals surface area contributed by atoms with E-state index in [-0.39, 0.29) is 59.1 Å². The van der Waals surface area contributed by atoms with Crippen molar-refractivity contribution in [2.75, 3.05) is 13.1 Å². The summed E-state index contributed by atoms with van der Waals surface area (Å²) in [5, 5.41) is 19.2. The quantitative estimate of drug-likeness (QED) is 0.381. The largest absolute Gasteiger partial charge is 0.356 e. The number of carbonyl (C=O) groups excluding carboxylic acids is 4. The second-order valence-electron chi connectivity index (χ2n) is 12.5. The lowest BCUT2D eigenvalue weighted by atomic mass is 9.96. The van der Waals surface area contributed by atoms with Crippen molar-refractivity contribution in [2.24, 2.45) is 29.1 Å². The van der Waals surface area contributed by atoms with Gasteiger partial charge in [0.15, 0.2) is 0 Å². The van der Waals surface area contributed by atoms with Gasteiger partial charge in [0, 0.05) is 29.9 Å². The summed E-state index contributed by atoms with van der Waals surface area (Å²) >= 11 is 0. The van der Waals surface area contributed by atoms with Crippen molar-refractivity contribution in [3.05, 3.63) is 36.0 Å². The van der Waals surface area contributed by atoms with Gasteiger partial charge in [-0.3, -0.25) is 19.2 Å². The van der Waals surface area contributed by atoms with Gasteiger partial charge in [0.2, 0.25) is 17.7 Å². The molecule has 1 aromatic carbocycles. The molecule has 212 valence electrons. The van der Waals surface area contributed by atoms with E-state index in [0.717, 1.165) is 10.9 Å². The van der Waals surface area contributed by atoms with Crippen LogP contribution in [0.3, 0.4) is 0 Å². The molecule has 1 unspecified atom stereocenters. The minimum atomic E-state index is -0.826. The molecule has 3 heterocycles. The maximum Gasteiger partial charge on any atom is 0.268 e. The highest BCUT2D eigenvalue weighted by atomic mass is 16.2. The molecule has 1 aromatic heterocycles. The van der Waals surface area contributed by atoms with E-state index in [4.69, 9.17) is 0 Å². The Morgan fingerprint density at radius 1 is 1.20 bits per heavy atom. The van der Waals surface area contributed by atoms with Crippen molar-refractivity contribution >= 4 is 34.5 Å². The topological polar surface area (TPSA) is 147 Å². The molecule has 6 atom stereocenters. The number of hydrogen-bond acceptors (Lipinski definition) is 5. The van der Waals surface area contributed by atoms with Gasteiger partial charge in [-0.1, -0.05) is 45.9 Å². The first-order valence-corrected chi connectivity index (χ1v) is 14.2. The van der Waals surface area contributed by atoms with E-state index in [1.54, 1.807) is 11.0 Å². The number of likely N-dealkylation sites (tertiary alicyclic amines) is 1. The summed E-state index contributed by atoms with van der Waals surface area (Å²) in [4.78, 5) is 57.6. The Bertz CT molecular complexity index is 1340. The molecule has 4 N–H and O–H groups in total. The van der Waals surface area contributed by atoms with Crippen LogP contribution in [0, 0.1) is 40.4 Å². The Morgan fingerprint density at radius 3 is 2.60 bits per heavy atom. The van der Waals surface area contributed by atoms with Gasteiger partial charge in [0.25, 0.3) is 5.91 Å². The van der Waals surface area contributed by atoms with Gasteiger partial charge in [-0.2, -0.15) is 5.26 Å². The Morgan fingerprint density at radius 2 is 1.95 bits per heavy atom. The Labute approximate surface area is 234 Å². The Balaban J connectivity index is 1.33. The molecule has 3 aliphatic rings. The number of hydrogen-bond donors (Lipinski definition) is 4. The predicted molar refractivity (Wildman–Crippen MR) is 149 cm³/mol. The number of fused-ring (bicyclic) bond motifs is 2. The van der Waals surface area contributed by atoms with Crippen molar-refractivity contribution in [2.45, 2.75) is 65.1 Å². The van der Waals surface area contributed by atoms with Crippen LogP contribution < -0.4 is 16.0 Å². The molecule has 2 aliphatic heterocycles. The van der Waals surface area contributed by atoms with Crippen molar-refractivity contribution in [3.8, 4) is 6.07 Å². The van der Waals surface area contributed by atoms with Gasteiger partial charge in [0.05, 0.1) is 6.07 Å². The zero-order valence-electron chi connectivity index (χ0n) is 23.5. The van der Waals surface area contributed by atoms with Crippen LogP contribution in [0.25, 0.3) is 10.9 Å². The summed E-state index contributed by atoms with van der Waals surface area (Å²) in [5.74, 6) is -1.19. The van der Waals surface area contributed by atoms with Gasteiger partial charge in [-0.05, 0) is 54.6 Å². The van der Waals surface area contributed by atoms with Crippen LogP contribution in [0.15, 0.2) is 30.3 Å². The Hall–Kier alpha value is -3.87. The minimum Gasteiger partial charge on any atom is -0.356 e. The molecule has 0 radical (unpaired) electrons. The van der Waals surface area contributed by atoms with Crippen LogP contribution in [-0.4, -0.2) is 64.7 Å². The van der Waals surface area contributed by atoms with E-state index in [9.17, 15) is 24.4 Å². The smallest absolute Gasteiger partial charge is 0.268 e. The van der Waals surface area contributed by atoms with Gasteiger partial charge in [-0.15, -0.1) is 0 Å². The number of amides is 4. The second kappa shape index (κ2) is 10.6. The number of rotatable bonds is 9. The van der Waals surface area contributed by atoms with E-state index < -0.39 is 18.1 Å². The number of nitriles is 1. The number of nitrogens with zero attached hydrogens (tertiary/aromatic N) is 2. The fraction of sp³-hybridized carbons (Fsp3) is 0.567. The van der Waals surface area contributed by atoms with Crippen LogP contribution in [0.4, 0.5) is 0 Å². The average molecular weight is 547 g/mol. The molecule has 10 heteroatoms. The van der Waals surface area contributed by atoms with Gasteiger partial charge in [0.1, 0.15) is 23.8 Å². The first kappa shape index (κ1) is 27.7. The average Bonchev–Trinajstić information content (AvgIpc) is 3.42. The third kappa shape index (κ3) is 5.17. The monoisotopic (exact) mass is 546 g/mol. The van der Waals surface area contributed by atoms with Gasteiger partial charge >= 0.3 is 0 Å². The van der Waals surface area contributed by atoms with Crippen molar-refractivity contribution in [1.82, 2.24) is 25.8 Å². The van der Waals surface area contributed by atoms with Crippen molar-refractivity contribution in [3.63, 3.8) is 0 Å². The highest BCUT2D eigenvalue weighted by Crippen LogP contribution is 2.65. The predicted octanol–water partition coefficient (Wildman–Crippen LogP) is 2.33. The zero-order valence-corrected chi connectivity index (χ0v) is 23.5. The van der Waals surface area contributed by atoms with Crippen LogP contribution in [-0.2, 0) is 14.4 Å². The maximum absolute atomic E-state index is 14.0. The first-order valence-electron chi connectivity index (χ1n) is 14.2. The summed E-state index contributed by atoms with van der Waals surface area (Å²) < 4.78 is 0. The highest BCUT2D eigenvalue weighted by Gasteiger charge is 2.69. The van der Waals surface area contributed by atoms with E-state index in [1.165, 1.54) is 0 Å². The molecule has 10 nitrogen and oxygen atoms in total. The number of carbonyl (C=O) groups is 4. The molecule has 0 spiro atoms. The fourth-order valence-corrected chi connectivity index (χ4v) is 6.69. The summed E-state index contributed by atoms with van der Waals surface area (Å²) in [5.41, 5.74) is 1.10. The SMILES string of the molecule is CC(C)C[C@H](NC(=O)c1cc2ccccc2[nH]1)C(=O)N1C[C@H]2[C@@H](C1C(=O)N[C@H](C#N)C[C@@H]1CCNC1=O)C2(C)C. The molecule has 5 rings (SSSR count). The number of para-hydroxylation sites is 1. The van der Waals surface area contributed by atoms with Crippen molar-refractivity contribution < 1.29 is 19.2 Å². The number of benzene rings is 1. The molecule has 2 aromatic rings. The molecule has 1 saturated carbocycles. The number of nitrogens with one attached hydrogen (secondary N) is 4. The summed E-state index contributed by atoms with van der Waals surface area (Å²) in [6.45, 7) is 9.16. The number of H-pyrrole nitrogens is 1. The van der Waals surface area contributed by atoms with Gasteiger partial charge in [-0.25, -0.2) is 0 Å². The lowest BCUT2D eigenvalue weighted by Gasteiger charge is -2.34. The number of aromatic nitrogens is 1. The molecule has 3 fully saturated rings. The minimum absolute atomic E-state index is 0.0327. The molecule has 0 bridgehead atoms.